The van der Waals surface area contributed by atoms with Crippen LogP contribution >= 0.6 is 0 Å². The Bertz CT molecular complexity index is 322. The van der Waals surface area contributed by atoms with Crippen molar-refractivity contribution in [1.29, 1.82) is 0 Å². The highest BCUT2D eigenvalue weighted by Crippen LogP contribution is 2.31. The molecular formula is C11H14N2. The lowest BCUT2D eigenvalue weighted by Gasteiger charge is -2.32. The van der Waals surface area contributed by atoms with E-state index < -0.39 is 0 Å². The molecule has 2 aliphatic heterocycles. The van der Waals surface area contributed by atoms with Gasteiger partial charge in [-0.3, -0.25) is 5.32 Å². The van der Waals surface area contributed by atoms with Gasteiger partial charge in [-0.25, -0.2) is 0 Å². The van der Waals surface area contributed by atoms with Gasteiger partial charge < -0.3 is 4.90 Å². The van der Waals surface area contributed by atoms with Crippen LogP contribution in [0.25, 0.3) is 0 Å². The van der Waals surface area contributed by atoms with E-state index in [2.05, 4.69) is 34.5 Å². The number of fused-ring (bicyclic) bond motifs is 3. The maximum atomic E-state index is 3.55. The van der Waals surface area contributed by atoms with Crippen LogP contribution in [0.1, 0.15) is 12.0 Å². The van der Waals surface area contributed by atoms with Crippen LogP contribution in [0.15, 0.2) is 24.3 Å². The molecule has 0 aromatic heterocycles. The molecule has 68 valence electrons. The lowest BCUT2D eigenvalue weighted by atomic mass is 10.1. The third kappa shape index (κ3) is 1.05. The first-order chi connectivity index (χ1) is 6.45. The second kappa shape index (κ2) is 2.74. The van der Waals surface area contributed by atoms with E-state index in [1.165, 1.54) is 37.2 Å². The number of nitrogens with zero attached hydrogens (tertiary/aromatic N) is 1. The molecule has 13 heavy (non-hydrogen) atoms. The Morgan fingerprint density at radius 3 is 3.23 bits per heavy atom. The fourth-order valence-corrected chi connectivity index (χ4v) is 2.43. The summed E-state index contributed by atoms with van der Waals surface area (Å²) in [6, 6.07) is 8.75. The molecule has 0 radical (unpaired) electrons. The minimum absolute atomic E-state index is 0.575. The van der Waals surface area contributed by atoms with Gasteiger partial charge >= 0.3 is 0 Å². The predicted octanol–water partition coefficient (Wildman–Crippen LogP) is 1.37. The summed E-state index contributed by atoms with van der Waals surface area (Å²) in [6.45, 7) is 2.39. The fourth-order valence-electron chi connectivity index (χ4n) is 2.43. The summed E-state index contributed by atoms with van der Waals surface area (Å²) in [5.74, 6) is 0. The van der Waals surface area contributed by atoms with E-state index in [1.807, 2.05) is 0 Å². The SMILES string of the molecule is c1ccc2c(c1)CC1NCCCN21. The van der Waals surface area contributed by atoms with Gasteiger partial charge in [-0.05, 0) is 24.6 Å². The Morgan fingerprint density at radius 1 is 1.31 bits per heavy atom. The maximum Gasteiger partial charge on any atom is 0.0837 e. The first kappa shape index (κ1) is 7.39. The molecule has 1 fully saturated rings. The van der Waals surface area contributed by atoms with Crippen LogP contribution in [0.3, 0.4) is 0 Å². The van der Waals surface area contributed by atoms with Gasteiger partial charge in [0, 0.05) is 18.7 Å². The fraction of sp³-hybridized carbons (Fsp3) is 0.455. The van der Waals surface area contributed by atoms with Crippen molar-refractivity contribution in [2.45, 2.75) is 19.0 Å². The van der Waals surface area contributed by atoms with Gasteiger partial charge in [-0.1, -0.05) is 18.2 Å². The number of nitrogens with one attached hydrogen (secondary N) is 1. The molecular weight excluding hydrogens is 160 g/mol. The van der Waals surface area contributed by atoms with Crippen molar-refractivity contribution in [2.24, 2.45) is 0 Å². The molecule has 1 saturated heterocycles. The van der Waals surface area contributed by atoms with Crippen molar-refractivity contribution in [1.82, 2.24) is 5.32 Å². The van der Waals surface area contributed by atoms with E-state index in [0.29, 0.717) is 6.17 Å². The normalized spacial score (nSPS) is 25.5. The van der Waals surface area contributed by atoms with Gasteiger partial charge in [0.2, 0.25) is 0 Å². The summed E-state index contributed by atoms with van der Waals surface area (Å²) in [4.78, 5) is 2.50. The summed E-state index contributed by atoms with van der Waals surface area (Å²) in [6.07, 6.45) is 3.02. The summed E-state index contributed by atoms with van der Waals surface area (Å²) in [7, 11) is 0. The third-order valence-electron chi connectivity index (χ3n) is 3.05. The van der Waals surface area contributed by atoms with Crippen LogP contribution in [0.5, 0.6) is 0 Å². The minimum Gasteiger partial charge on any atom is -0.355 e. The summed E-state index contributed by atoms with van der Waals surface area (Å²) < 4.78 is 0. The third-order valence-corrected chi connectivity index (χ3v) is 3.05. The molecule has 2 nitrogen and oxygen atoms in total. The lowest BCUT2D eigenvalue weighted by Crippen LogP contribution is -2.49. The summed E-state index contributed by atoms with van der Waals surface area (Å²) in [5.41, 5.74) is 2.95. The lowest BCUT2D eigenvalue weighted by molar-refractivity contribution is 0.444. The molecule has 0 saturated carbocycles. The molecule has 2 heteroatoms. The van der Waals surface area contributed by atoms with E-state index in [-0.39, 0.29) is 0 Å². The Labute approximate surface area is 78.6 Å². The number of para-hydroxylation sites is 1. The van der Waals surface area contributed by atoms with Crippen LogP contribution in [0.2, 0.25) is 0 Å². The van der Waals surface area contributed by atoms with E-state index in [0.717, 1.165) is 0 Å². The standard InChI is InChI=1S/C11H14N2/c1-2-5-10-9(4-1)8-11-12-6-3-7-13(10)11/h1-2,4-5,11-12H,3,6-8H2. The van der Waals surface area contributed by atoms with Gasteiger partial charge in [-0.2, -0.15) is 0 Å². The number of hydrogen-bond acceptors (Lipinski definition) is 2. The van der Waals surface area contributed by atoms with Crippen LogP contribution < -0.4 is 10.2 Å². The molecule has 1 aromatic carbocycles. The highest BCUT2D eigenvalue weighted by atomic mass is 15.3. The Morgan fingerprint density at radius 2 is 2.23 bits per heavy atom. The Kier molecular flexibility index (Phi) is 1.56. The van der Waals surface area contributed by atoms with Crippen molar-refractivity contribution < 1.29 is 0 Å². The van der Waals surface area contributed by atoms with Gasteiger partial charge in [0.05, 0.1) is 6.17 Å². The van der Waals surface area contributed by atoms with Crippen molar-refractivity contribution in [2.75, 3.05) is 18.0 Å². The zero-order chi connectivity index (χ0) is 8.67. The molecule has 2 aliphatic rings. The number of benzene rings is 1. The molecule has 2 heterocycles. The van der Waals surface area contributed by atoms with Gasteiger partial charge in [0.1, 0.15) is 0 Å². The first-order valence-corrected chi connectivity index (χ1v) is 5.03. The zero-order valence-electron chi connectivity index (χ0n) is 7.66. The molecule has 1 atom stereocenters. The molecule has 3 rings (SSSR count). The molecule has 0 amide bonds. The quantitative estimate of drug-likeness (QED) is 0.639. The Balaban J connectivity index is 2.01. The van der Waals surface area contributed by atoms with Crippen LogP contribution in [-0.4, -0.2) is 19.3 Å². The smallest absolute Gasteiger partial charge is 0.0837 e. The first-order valence-electron chi connectivity index (χ1n) is 5.03. The average molecular weight is 174 g/mol. The van der Waals surface area contributed by atoms with Gasteiger partial charge in [-0.15, -0.1) is 0 Å². The molecule has 0 spiro atoms. The second-order valence-corrected chi connectivity index (χ2v) is 3.85. The Hall–Kier alpha value is -1.02. The second-order valence-electron chi connectivity index (χ2n) is 3.85. The van der Waals surface area contributed by atoms with E-state index in [9.17, 15) is 0 Å². The highest BCUT2D eigenvalue weighted by Gasteiger charge is 2.29. The van der Waals surface area contributed by atoms with Crippen LogP contribution in [0.4, 0.5) is 5.69 Å². The number of hydrogen-bond donors (Lipinski definition) is 1. The van der Waals surface area contributed by atoms with E-state index >= 15 is 0 Å². The molecule has 1 aromatic rings. The van der Waals surface area contributed by atoms with Gasteiger partial charge in [0.25, 0.3) is 0 Å². The summed E-state index contributed by atoms with van der Waals surface area (Å²) in [5, 5.41) is 3.55. The van der Waals surface area contributed by atoms with Crippen molar-refractivity contribution >= 4 is 5.69 Å². The zero-order valence-corrected chi connectivity index (χ0v) is 7.66. The summed E-state index contributed by atoms with van der Waals surface area (Å²) >= 11 is 0. The molecule has 1 N–H and O–H groups in total. The number of anilines is 1. The minimum atomic E-state index is 0.575. The van der Waals surface area contributed by atoms with Crippen LogP contribution in [0, 0.1) is 0 Å². The average Bonchev–Trinajstić information content (AvgIpc) is 2.56. The van der Waals surface area contributed by atoms with Crippen molar-refractivity contribution in [3.8, 4) is 0 Å². The molecule has 1 unspecified atom stereocenters. The highest BCUT2D eigenvalue weighted by molar-refractivity contribution is 5.59. The van der Waals surface area contributed by atoms with Crippen molar-refractivity contribution in [3.05, 3.63) is 29.8 Å². The molecule has 0 aliphatic carbocycles. The molecule has 0 bridgehead atoms. The van der Waals surface area contributed by atoms with Crippen molar-refractivity contribution in [3.63, 3.8) is 0 Å². The largest absolute Gasteiger partial charge is 0.355 e. The van der Waals surface area contributed by atoms with E-state index in [1.54, 1.807) is 0 Å². The number of rotatable bonds is 0. The van der Waals surface area contributed by atoms with E-state index in [4.69, 9.17) is 0 Å². The monoisotopic (exact) mass is 174 g/mol. The van der Waals surface area contributed by atoms with Crippen LogP contribution in [-0.2, 0) is 6.42 Å². The maximum absolute atomic E-state index is 3.55. The predicted molar refractivity (Wildman–Crippen MR) is 53.9 cm³/mol. The topological polar surface area (TPSA) is 15.3 Å². The van der Waals surface area contributed by atoms with Gasteiger partial charge in [0.15, 0.2) is 0 Å².